The van der Waals surface area contributed by atoms with Gasteiger partial charge in [-0.15, -0.1) is 0 Å². The summed E-state index contributed by atoms with van der Waals surface area (Å²) >= 11 is 0. The van der Waals surface area contributed by atoms with E-state index in [0.29, 0.717) is 6.04 Å². The Balaban J connectivity index is 1.88. The number of amides is 2. The quantitative estimate of drug-likeness (QED) is 0.688. The van der Waals surface area contributed by atoms with Crippen LogP contribution in [0.3, 0.4) is 0 Å². The highest BCUT2D eigenvalue weighted by atomic mass is 16.2. The highest BCUT2D eigenvalue weighted by molar-refractivity contribution is 5.74. The number of rotatable bonds is 1. The van der Waals surface area contributed by atoms with Crippen molar-refractivity contribution in [1.82, 2.24) is 9.80 Å². The molecule has 0 unspecified atom stereocenters. The Morgan fingerprint density at radius 1 is 0.941 bits per heavy atom. The standard InChI is InChI=1S/C14H26N2O/c1-15(13-9-5-4-6-10-13)14(17)16-11-7-2-3-8-12-16/h13H,2-12H2,1H3. The molecule has 0 spiro atoms. The molecule has 0 aromatic heterocycles. The van der Waals surface area contributed by atoms with Gasteiger partial charge in [0.1, 0.15) is 0 Å². The van der Waals surface area contributed by atoms with Crippen molar-refractivity contribution in [1.29, 1.82) is 0 Å². The van der Waals surface area contributed by atoms with Gasteiger partial charge in [-0.25, -0.2) is 4.79 Å². The third kappa shape index (κ3) is 3.36. The summed E-state index contributed by atoms with van der Waals surface area (Å²) in [5.74, 6) is 0. The maximum Gasteiger partial charge on any atom is 0.319 e. The van der Waals surface area contributed by atoms with Crippen molar-refractivity contribution in [2.45, 2.75) is 63.8 Å². The molecule has 0 aromatic rings. The van der Waals surface area contributed by atoms with E-state index in [1.165, 1.54) is 57.8 Å². The summed E-state index contributed by atoms with van der Waals surface area (Å²) < 4.78 is 0. The van der Waals surface area contributed by atoms with Gasteiger partial charge in [-0.05, 0) is 25.7 Å². The molecular weight excluding hydrogens is 212 g/mol. The molecule has 1 heterocycles. The van der Waals surface area contributed by atoms with Gasteiger partial charge in [0.15, 0.2) is 0 Å². The van der Waals surface area contributed by atoms with Gasteiger partial charge in [0.05, 0.1) is 0 Å². The van der Waals surface area contributed by atoms with E-state index >= 15 is 0 Å². The first kappa shape index (κ1) is 12.7. The van der Waals surface area contributed by atoms with Crippen molar-refractivity contribution >= 4 is 6.03 Å². The number of nitrogens with zero attached hydrogens (tertiary/aromatic N) is 2. The van der Waals surface area contributed by atoms with E-state index in [9.17, 15) is 4.79 Å². The fourth-order valence-electron chi connectivity index (χ4n) is 3.11. The molecule has 17 heavy (non-hydrogen) atoms. The minimum atomic E-state index is 0.277. The summed E-state index contributed by atoms with van der Waals surface area (Å²) in [6.07, 6.45) is 11.3. The molecule has 98 valence electrons. The third-order valence-corrected chi connectivity index (χ3v) is 4.30. The molecule has 2 rings (SSSR count). The van der Waals surface area contributed by atoms with E-state index in [-0.39, 0.29) is 6.03 Å². The molecular formula is C14H26N2O. The van der Waals surface area contributed by atoms with Gasteiger partial charge in [0.25, 0.3) is 0 Å². The molecule has 3 heteroatoms. The van der Waals surface area contributed by atoms with Gasteiger partial charge in [-0.1, -0.05) is 32.1 Å². The smallest absolute Gasteiger partial charge is 0.319 e. The molecule has 1 saturated heterocycles. The predicted octanol–water partition coefficient (Wildman–Crippen LogP) is 3.25. The Hall–Kier alpha value is -0.730. The Labute approximate surface area is 105 Å². The minimum Gasteiger partial charge on any atom is -0.325 e. The normalized spacial score (nSPS) is 23.2. The van der Waals surface area contributed by atoms with E-state index in [0.717, 1.165) is 13.1 Å². The van der Waals surface area contributed by atoms with Crippen LogP contribution in [-0.4, -0.2) is 42.0 Å². The van der Waals surface area contributed by atoms with Gasteiger partial charge in [0, 0.05) is 26.2 Å². The van der Waals surface area contributed by atoms with Crippen molar-refractivity contribution in [3.8, 4) is 0 Å². The average molecular weight is 238 g/mol. The highest BCUT2D eigenvalue weighted by Crippen LogP contribution is 2.23. The van der Waals surface area contributed by atoms with E-state index in [4.69, 9.17) is 0 Å². The molecule has 3 nitrogen and oxygen atoms in total. The number of carbonyl (C=O) groups is 1. The maximum atomic E-state index is 12.4. The number of likely N-dealkylation sites (tertiary alicyclic amines) is 1. The van der Waals surface area contributed by atoms with Crippen LogP contribution in [0.4, 0.5) is 4.79 Å². The molecule has 0 bridgehead atoms. The largest absolute Gasteiger partial charge is 0.325 e. The van der Waals surface area contributed by atoms with Crippen LogP contribution in [0.1, 0.15) is 57.8 Å². The number of hydrogen-bond donors (Lipinski definition) is 0. The lowest BCUT2D eigenvalue weighted by Gasteiger charge is -2.35. The molecule has 0 atom stereocenters. The van der Waals surface area contributed by atoms with E-state index in [2.05, 4.69) is 4.90 Å². The van der Waals surface area contributed by atoms with Crippen LogP contribution in [0.2, 0.25) is 0 Å². The Morgan fingerprint density at radius 3 is 2.06 bits per heavy atom. The highest BCUT2D eigenvalue weighted by Gasteiger charge is 2.25. The predicted molar refractivity (Wildman–Crippen MR) is 70.1 cm³/mol. The van der Waals surface area contributed by atoms with Crippen LogP contribution < -0.4 is 0 Å². The van der Waals surface area contributed by atoms with Gasteiger partial charge in [-0.2, -0.15) is 0 Å². The van der Waals surface area contributed by atoms with Crippen LogP contribution >= 0.6 is 0 Å². The van der Waals surface area contributed by atoms with E-state index in [1.54, 1.807) is 0 Å². The first-order chi connectivity index (χ1) is 8.29. The molecule has 1 aliphatic carbocycles. The molecule has 0 radical (unpaired) electrons. The second-order valence-corrected chi connectivity index (χ2v) is 5.59. The molecule has 2 aliphatic rings. The minimum absolute atomic E-state index is 0.277. The van der Waals surface area contributed by atoms with Gasteiger partial charge < -0.3 is 9.80 Å². The summed E-state index contributed by atoms with van der Waals surface area (Å²) in [4.78, 5) is 16.5. The number of carbonyl (C=O) groups excluding carboxylic acids is 1. The Bertz CT molecular complexity index is 241. The van der Waals surface area contributed by atoms with Gasteiger partial charge in [-0.3, -0.25) is 0 Å². The summed E-state index contributed by atoms with van der Waals surface area (Å²) in [6.45, 7) is 1.94. The monoisotopic (exact) mass is 238 g/mol. The van der Waals surface area contributed by atoms with Crippen LogP contribution in [0, 0.1) is 0 Å². The summed E-state index contributed by atoms with van der Waals surface area (Å²) in [6, 6.07) is 0.776. The zero-order valence-electron chi connectivity index (χ0n) is 11.2. The van der Waals surface area contributed by atoms with E-state index < -0.39 is 0 Å². The topological polar surface area (TPSA) is 23.6 Å². The van der Waals surface area contributed by atoms with Crippen LogP contribution in [0.25, 0.3) is 0 Å². The van der Waals surface area contributed by atoms with Crippen LogP contribution in [0.15, 0.2) is 0 Å². The maximum absolute atomic E-state index is 12.4. The van der Waals surface area contributed by atoms with Crippen molar-refractivity contribution in [2.24, 2.45) is 0 Å². The van der Waals surface area contributed by atoms with Crippen molar-refractivity contribution in [3.05, 3.63) is 0 Å². The summed E-state index contributed by atoms with van der Waals surface area (Å²) in [7, 11) is 2.00. The molecule has 2 fully saturated rings. The second kappa shape index (κ2) is 6.27. The van der Waals surface area contributed by atoms with Crippen LogP contribution in [-0.2, 0) is 0 Å². The summed E-state index contributed by atoms with van der Waals surface area (Å²) in [5.41, 5.74) is 0. The average Bonchev–Trinajstić information content (AvgIpc) is 2.67. The molecule has 0 N–H and O–H groups in total. The molecule has 1 aliphatic heterocycles. The first-order valence-electron chi connectivity index (χ1n) is 7.31. The van der Waals surface area contributed by atoms with Gasteiger partial charge >= 0.3 is 6.03 Å². The SMILES string of the molecule is CN(C(=O)N1CCCCCC1)C1CCCCC1. The van der Waals surface area contributed by atoms with E-state index in [1.807, 2.05) is 11.9 Å². The number of urea groups is 1. The van der Waals surface area contributed by atoms with Crippen LogP contribution in [0.5, 0.6) is 0 Å². The third-order valence-electron chi connectivity index (χ3n) is 4.30. The fraction of sp³-hybridized carbons (Fsp3) is 0.929. The summed E-state index contributed by atoms with van der Waals surface area (Å²) in [5, 5.41) is 0. The Kier molecular flexibility index (Phi) is 4.69. The lowest BCUT2D eigenvalue weighted by molar-refractivity contribution is 0.136. The van der Waals surface area contributed by atoms with Gasteiger partial charge in [0.2, 0.25) is 0 Å². The van der Waals surface area contributed by atoms with Crippen molar-refractivity contribution < 1.29 is 4.79 Å². The second-order valence-electron chi connectivity index (χ2n) is 5.59. The zero-order valence-corrected chi connectivity index (χ0v) is 11.2. The molecule has 0 aromatic carbocycles. The first-order valence-corrected chi connectivity index (χ1v) is 7.31. The zero-order chi connectivity index (χ0) is 12.1. The molecule has 2 amide bonds. The number of hydrogen-bond acceptors (Lipinski definition) is 1. The van der Waals surface area contributed by atoms with Crippen molar-refractivity contribution in [3.63, 3.8) is 0 Å². The molecule has 1 saturated carbocycles. The fourth-order valence-corrected chi connectivity index (χ4v) is 3.11. The lowest BCUT2D eigenvalue weighted by atomic mass is 9.95. The lowest BCUT2D eigenvalue weighted by Crippen LogP contribution is -2.46. The Morgan fingerprint density at radius 2 is 1.47 bits per heavy atom. The van der Waals surface area contributed by atoms with Crippen molar-refractivity contribution in [2.75, 3.05) is 20.1 Å².